The second-order valence-corrected chi connectivity index (χ2v) is 8.96. The van der Waals surface area contributed by atoms with Crippen LogP contribution in [0.15, 0.2) is 65.1 Å². The van der Waals surface area contributed by atoms with E-state index < -0.39 is 16.1 Å². The van der Waals surface area contributed by atoms with Gasteiger partial charge in [0.15, 0.2) is 0 Å². The highest BCUT2D eigenvalue weighted by Crippen LogP contribution is 2.17. The summed E-state index contributed by atoms with van der Waals surface area (Å²) in [7, 11) is -3.68. The summed E-state index contributed by atoms with van der Waals surface area (Å²) >= 11 is 0. The molecule has 0 aliphatic heterocycles. The summed E-state index contributed by atoms with van der Waals surface area (Å²) in [6.07, 6.45) is 0.900. The fraction of sp³-hybridized carbons (Fsp3) is 0.304. The lowest BCUT2D eigenvalue weighted by Gasteiger charge is -2.19. The van der Waals surface area contributed by atoms with Crippen LogP contribution >= 0.6 is 0 Å². The molecule has 2 rings (SSSR count). The molecule has 0 amide bonds. The third-order valence-electron chi connectivity index (χ3n) is 4.25. The molecular weight excluding hydrogens is 370 g/mol. The Hall–Kier alpha value is -2.39. The van der Waals surface area contributed by atoms with Gasteiger partial charge in [0.25, 0.3) is 0 Å². The Morgan fingerprint density at radius 2 is 1.57 bits per heavy atom. The first-order valence-corrected chi connectivity index (χ1v) is 10.6. The lowest BCUT2D eigenvalue weighted by atomic mass is 10.1. The van der Waals surface area contributed by atoms with Crippen molar-refractivity contribution in [3.05, 3.63) is 76.9 Å². The van der Waals surface area contributed by atoms with Crippen molar-refractivity contribution in [3.63, 3.8) is 0 Å². The van der Waals surface area contributed by atoms with E-state index in [2.05, 4.69) is 11.8 Å². The highest BCUT2D eigenvalue weighted by Gasteiger charge is 2.22. The van der Waals surface area contributed by atoms with E-state index in [-0.39, 0.29) is 18.0 Å². The number of aliphatic hydroxyl groups excluding tert-OH is 1. The smallest absolute Gasteiger partial charge is 0.244 e. The van der Waals surface area contributed by atoms with Gasteiger partial charge in [-0.25, -0.2) is 8.42 Å². The minimum atomic E-state index is -3.68. The molecule has 0 aromatic heterocycles. The SMILES string of the molecule is CC(C)=CCN(CC#CC(O)c1ccc(C)cc1)S(=O)(=O)c1ccc(C)cc1. The van der Waals surface area contributed by atoms with Crippen LogP contribution in [-0.2, 0) is 10.0 Å². The largest absolute Gasteiger partial charge is 0.376 e. The van der Waals surface area contributed by atoms with Crippen molar-refractivity contribution in [2.24, 2.45) is 0 Å². The first-order chi connectivity index (χ1) is 13.2. The van der Waals surface area contributed by atoms with Crippen LogP contribution in [0.25, 0.3) is 0 Å². The molecule has 148 valence electrons. The summed E-state index contributed by atoms with van der Waals surface area (Å²) in [6.45, 7) is 7.96. The Morgan fingerprint density at radius 1 is 1.04 bits per heavy atom. The molecule has 0 radical (unpaired) electrons. The molecule has 0 heterocycles. The second kappa shape index (κ2) is 9.70. The number of rotatable bonds is 6. The minimum Gasteiger partial charge on any atom is -0.376 e. The van der Waals surface area contributed by atoms with Crippen LogP contribution < -0.4 is 0 Å². The van der Waals surface area contributed by atoms with Crippen LogP contribution in [0.3, 0.4) is 0 Å². The van der Waals surface area contributed by atoms with Crippen molar-refractivity contribution >= 4 is 10.0 Å². The summed E-state index contributed by atoms with van der Waals surface area (Å²) in [6, 6.07) is 14.2. The Labute approximate surface area is 168 Å². The van der Waals surface area contributed by atoms with Crippen molar-refractivity contribution in [1.29, 1.82) is 0 Å². The number of allylic oxidation sites excluding steroid dienone is 1. The first kappa shape index (κ1) is 21.9. The standard InChI is InChI=1S/C23H27NO3S/c1-18(2)15-17-24(28(26,27)22-13-9-20(4)10-14-22)16-5-6-23(25)21-11-7-19(3)8-12-21/h7-15,23,25H,16-17H2,1-4H3. The Morgan fingerprint density at radius 3 is 2.11 bits per heavy atom. The maximum absolute atomic E-state index is 13.0. The van der Waals surface area contributed by atoms with Gasteiger partial charge >= 0.3 is 0 Å². The number of nitrogens with zero attached hydrogens (tertiary/aromatic N) is 1. The zero-order valence-electron chi connectivity index (χ0n) is 16.8. The van der Waals surface area contributed by atoms with Gasteiger partial charge in [-0.3, -0.25) is 0 Å². The summed E-state index contributed by atoms with van der Waals surface area (Å²) in [5.41, 5.74) is 3.81. The normalized spacial score (nSPS) is 12.2. The molecule has 2 aromatic carbocycles. The number of benzene rings is 2. The molecule has 0 aliphatic rings. The molecule has 0 fully saturated rings. The minimum absolute atomic E-state index is 0.00289. The lowest BCUT2D eigenvalue weighted by Crippen LogP contribution is -2.32. The van der Waals surface area contributed by atoms with Gasteiger partial charge in [-0.05, 0) is 45.4 Å². The third kappa shape index (κ3) is 6.07. The highest BCUT2D eigenvalue weighted by atomic mass is 32.2. The number of aliphatic hydroxyl groups is 1. The average Bonchev–Trinajstić information content (AvgIpc) is 2.64. The molecule has 0 aliphatic carbocycles. The van der Waals surface area contributed by atoms with Gasteiger partial charge in [0.05, 0.1) is 11.4 Å². The van der Waals surface area contributed by atoms with Gasteiger partial charge in [0.2, 0.25) is 10.0 Å². The molecule has 1 N–H and O–H groups in total. The fourth-order valence-electron chi connectivity index (χ4n) is 2.45. The van der Waals surface area contributed by atoms with E-state index in [1.807, 2.05) is 58.0 Å². The summed E-state index contributed by atoms with van der Waals surface area (Å²) in [5, 5.41) is 10.2. The molecule has 0 bridgehead atoms. The summed E-state index contributed by atoms with van der Waals surface area (Å²) < 4.78 is 27.3. The van der Waals surface area contributed by atoms with Crippen LogP contribution in [0.2, 0.25) is 0 Å². The molecule has 0 saturated heterocycles. The van der Waals surface area contributed by atoms with E-state index in [1.54, 1.807) is 24.3 Å². The monoisotopic (exact) mass is 397 g/mol. The van der Waals surface area contributed by atoms with Crippen LogP contribution in [-0.4, -0.2) is 30.9 Å². The van der Waals surface area contributed by atoms with E-state index in [9.17, 15) is 13.5 Å². The molecule has 4 nitrogen and oxygen atoms in total. The van der Waals surface area contributed by atoms with Crippen molar-refractivity contribution in [2.75, 3.05) is 13.1 Å². The van der Waals surface area contributed by atoms with Crippen LogP contribution in [0.5, 0.6) is 0 Å². The second-order valence-electron chi connectivity index (χ2n) is 7.03. The van der Waals surface area contributed by atoms with E-state index in [0.717, 1.165) is 16.7 Å². The predicted octanol–water partition coefficient (Wildman–Crippen LogP) is 4.00. The number of sulfonamides is 1. The zero-order valence-corrected chi connectivity index (χ0v) is 17.6. The topological polar surface area (TPSA) is 57.6 Å². The van der Waals surface area contributed by atoms with Crippen molar-refractivity contribution < 1.29 is 13.5 Å². The summed E-state index contributed by atoms with van der Waals surface area (Å²) in [4.78, 5) is 0.237. The molecular formula is C23H27NO3S. The van der Waals surface area contributed by atoms with Crippen molar-refractivity contribution in [2.45, 2.75) is 38.7 Å². The van der Waals surface area contributed by atoms with Crippen molar-refractivity contribution in [1.82, 2.24) is 4.31 Å². The molecule has 5 heteroatoms. The van der Waals surface area contributed by atoms with Crippen LogP contribution in [0.4, 0.5) is 0 Å². The molecule has 0 spiro atoms. The number of hydrogen-bond donors (Lipinski definition) is 1. The van der Waals surface area contributed by atoms with E-state index in [4.69, 9.17) is 0 Å². The fourth-order valence-corrected chi connectivity index (χ4v) is 3.74. The maximum atomic E-state index is 13.0. The highest BCUT2D eigenvalue weighted by molar-refractivity contribution is 7.89. The van der Waals surface area contributed by atoms with Crippen molar-refractivity contribution in [3.8, 4) is 11.8 Å². The Bertz CT molecular complexity index is 975. The van der Waals surface area contributed by atoms with E-state index in [0.29, 0.717) is 5.56 Å². The Balaban J connectivity index is 2.23. The van der Waals surface area contributed by atoms with Crippen LogP contribution in [0.1, 0.15) is 36.6 Å². The van der Waals surface area contributed by atoms with E-state index >= 15 is 0 Å². The maximum Gasteiger partial charge on any atom is 0.244 e. The molecule has 28 heavy (non-hydrogen) atoms. The molecule has 1 atom stereocenters. The zero-order chi connectivity index (χ0) is 20.7. The number of hydrogen-bond acceptors (Lipinski definition) is 3. The van der Waals surface area contributed by atoms with Crippen LogP contribution in [0, 0.1) is 25.7 Å². The molecule has 0 saturated carbocycles. The Kier molecular flexibility index (Phi) is 7.59. The van der Waals surface area contributed by atoms with E-state index in [1.165, 1.54) is 4.31 Å². The first-order valence-electron chi connectivity index (χ1n) is 9.13. The lowest BCUT2D eigenvalue weighted by molar-refractivity contribution is 0.238. The van der Waals surface area contributed by atoms with Gasteiger partial charge in [0, 0.05) is 6.54 Å². The van der Waals surface area contributed by atoms with Gasteiger partial charge in [-0.1, -0.05) is 71.0 Å². The quantitative estimate of drug-likeness (QED) is 0.592. The molecule has 2 aromatic rings. The van der Waals surface area contributed by atoms with Gasteiger partial charge < -0.3 is 5.11 Å². The third-order valence-corrected chi connectivity index (χ3v) is 6.08. The average molecular weight is 398 g/mol. The molecule has 1 unspecified atom stereocenters. The van der Waals surface area contributed by atoms with Gasteiger partial charge in [-0.2, -0.15) is 4.31 Å². The van der Waals surface area contributed by atoms with Gasteiger partial charge in [0.1, 0.15) is 6.10 Å². The summed E-state index contributed by atoms with van der Waals surface area (Å²) in [5.74, 6) is 5.57. The predicted molar refractivity (Wildman–Crippen MR) is 113 cm³/mol. The number of aryl methyl sites for hydroxylation is 2. The van der Waals surface area contributed by atoms with Gasteiger partial charge in [-0.15, -0.1) is 0 Å².